The zero-order valence-corrected chi connectivity index (χ0v) is 11.9. The van der Waals surface area contributed by atoms with Crippen LogP contribution < -0.4 is 11.3 Å². The van der Waals surface area contributed by atoms with E-state index in [4.69, 9.17) is 5.73 Å². The van der Waals surface area contributed by atoms with Crippen molar-refractivity contribution in [1.82, 2.24) is 4.57 Å². The standard InChI is InChI=1S/C16H22N2O/c1-4-18-15-8-6-5-7-12(15)9-13(16(18)19)14(10-17)11(2)3/h5-9,11,14H,4,10,17H2,1-3H3. The molecule has 3 nitrogen and oxygen atoms in total. The molecule has 1 aromatic carbocycles. The summed E-state index contributed by atoms with van der Waals surface area (Å²) in [7, 11) is 0. The van der Waals surface area contributed by atoms with Gasteiger partial charge in [-0.1, -0.05) is 32.0 Å². The topological polar surface area (TPSA) is 48.0 Å². The summed E-state index contributed by atoms with van der Waals surface area (Å²) in [5, 5.41) is 1.11. The van der Waals surface area contributed by atoms with Crippen LogP contribution in [0.15, 0.2) is 35.1 Å². The van der Waals surface area contributed by atoms with Crippen LogP contribution in [0.25, 0.3) is 10.9 Å². The van der Waals surface area contributed by atoms with E-state index < -0.39 is 0 Å². The predicted molar refractivity (Wildman–Crippen MR) is 80.5 cm³/mol. The van der Waals surface area contributed by atoms with Gasteiger partial charge in [0.1, 0.15) is 0 Å². The molecule has 1 atom stereocenters. The summed E-state index contributed by atoms with van der Waals surface area (Å²) < 4.78 is 1.84. The van der Waals surface area contributed by atoms with Crippen LogP contribution in [0.4, 0.5) is 0 Å². The smallest absolute Gasteiger partial charge is 0.254 e. The predicted octanol–water partition coefficient (Wildman–Crippen LogP) is 2.72. The molecule has 0 saturated carbocycles. The van der Waals surface area contributed by atoms with Crippen LogP contribution in [0.5, 0.6) is 0 Å². The molecule has 0 spiro atoms. The Morgan fingerprint density at radius 3 is 2.53 bits per heavy atom. The molecule has 0 aliphatic heterocycles. The summed E-state index contributed by atoms with van der Waals surface area (Å²) in [6, 6.07) is 10.0. The Hall–Kier alpha value is -1.61. The van der Waals surface area contributed by atoms with Gasteiger partial charge in [-0.05, 0) is 36.9 Å². The van der Waals surface area contributed by atoms with Gasteiger partial charge in [0, 0.05) is 18.0 Å². The Morgan fingerprint density at radius 1 is 1.26 bits per heavy atom. The molecule has 0 fully saturated rings. The van der Waals surface area contributed by atoms with Crippen molar-refractivity contribution in [1.29, 1.82) is 0 Å². The molecule has 102 valence electrons. The first kappa shape index (κ1) is 13.8. The molecular weight excluding hydrogens is 236 g/mol. The fourth-order valence-electron chi connectivity index (χ4n) is 2.69. The highest BCUT2D eigenvalue weighted by atomic mass is 16.1. The van der Waals surface area contributed by atoms with E-state index in [9.17, 15) is 4.79 Å². The van der Waals surface area contributed by atoms with E-state index in [1.807, 2.05) is 35.8 Å². The van der Waals surface area contributed by atoms with Gasteiger partial charge in [0.2, 0.25) is 0 Å². The van der Waals surface area contributed by atoms with Gasteiger partial charge in [0.15, 0.2) is 0 Å². The van der Waals surface area contributed by atoms with Gasteiger partial charge in [0.25, 0.3) is 5.56 Å². The highest BCUT2D eigenvalue weighted by Crippen LogP contribution is 2.23. The zero-order valence-electron chi connectivity index (χ0n) is 11.9. The Morgan fingerprint density at radius 2 is 1.95 bits per heavy atom. The third kappa shape index (κ3) is 2.43. The van der Waals surface area contributed by atoms with E-state index in [2.05, 4.69) is 19.9 Å². The van der Waals surface area contributed by atoms with Gasteiger partial charge < -0.3 is 10.3 Å². The molecule has 0 radical (unpaired) electrons. The van der Waals surface area contributed by atoms with E-state index in [1.165, 1.54) is 0 Å². The number of pyridine rings is 1. The average molecular weight is 258 g/mol. The molecule has 3 heteroatoms. The van der Waals surface area contributed by atoms with Crippen LogP contribution in [0.1, 0.15) is 32.3 Å². The highest BCUT2D eigenvalue weighted by Gasteiger charge is 2.19. The number of aromatic nitrogens is 1. The van der Waals surface area contributed by atoms with Crippen molar-refractivity contribution >= 4 is 10.9 Å². The molecule has 0 aliphatic rings. The number of aryl methyl sites for hydroxylation is 1. The Balaban J connectivity index is 2.76. The molecule has 0 saturated heterocycles. The number of hydrogen-bond acceptors (Lipinski definition) is 2. The minimum atomic E-state index is 0.102. The van der Waals surface area contributed by atoms with Gasteiger partial charge in [-0.3, -0.25) is 4.79 Å². The minimum Gasteiger partial charge on any atom is -0.330 e. The largest absolute Gasteiger partial charge is 0.330 e. The van der Waals surface area contributed by atoms with E-state index in [0.717, 1.165) is 16.5 Å². The number of rotatable bonds is 4. The van der Waals surface area contributed by atoms with Gasteiger partial charge in [-0.2, -0.15) is 0 Å². The van der Waals surface area contributed by atoms with E-state index >= 15 is 0 Å². The minimum absolute atomic E-state index is 0.102. The van der Waals surface area contributed by atoms with Crippen molar-refractivity contribution < 1.29 is 0 Å². The van der Waals surface area contributed by atoms with Crippen LogP contribution in [-0.4, -0.2) is 11.1 Å². The Labute approximate surface area is 114 Å². The maximum Gasteiger partial charge on any atom is 0.254 e. The van der Waals surface area contributed by atoms with Crippen molar-refractivity contribution in [2.75, 3.05) is 6.54 Å². The van der Waals surface area contributed by atoms with Crippen molar-refractivity contribution in [3.8, 4) is 0 Å². The first-order valence-electron chi connectivity index (χ1n) is 6.92. The van der Waals surface area contributed by atoms with Crippen LogP contribution in [0, 0.1) is 5.92 Å². The van der Waals surface area contributed by atoms with Crippen molar-refractivity contribution in [3.05, 3.63) is 46.2 Å². The lowest BCUT2D eigenvalue weighted by Crippen LogP contribution is -2.30. The van der Waals surface area contributed by atoms with Gasteiger partial charge >= 0.3 is 0 Å². The summed E-state index contributed by atoms with van der Waals surface area (Å²) in [6.07, 6.45) is 0. The number of hydrogen-bond donors (Lipinski definition) is 1. The molecule has 1 aromatic heterocycles. The number of fused-ring (bicyclic) bond motifs is 1. The Kier molecular flexibility index (Phi) is 4.05. The SMILES string of the molecule is CCn1c(=O)c(C(CN)C(C)C)cc2ccccc21. The normalized spacial score (nSPS) is 13.1. The average Bonchev–Trinajstić information content (AvgIpc) is 2.40. The summed E-state index contributed by atoms with van der Waals surface area (Å²) in [6.45, 7) is 7.42. The molecule has 2 N–H and O–H groups in total. The molecule has 1 unspecified atom stereocenters. The van der Waals surface area contributed by atoms with Gasteiger partial charge in [-0.25, -0.2) is 0 Å². The van der Waals surface area contributed by atoms with Crippen molar-refractivity contribution in [2.24, 2.45) is 11.7 Å². The number of nitrogens with two attached hydrogens (primary N) is 1. The molecule has 0 amide bonds. The van der Waals surface area contributed by atoms with E-state index in [1.54, 1.807) is 0 Å². The zero-order chi connectivity index (χ0) is 14.0. The van der Waals surface area contributed by atoms with Crippen molar-refractivity contribution in [3.63, 3.8) is 0 Å². The van der Waals surface area contributed by atoms with Gasteiger partial charge in [-0.15, -0.1) is 0 Å². The second-order valence-corrected chi connectivity index (χ2v) is 5.29. The first-order chi connectivity index (χ1) is 9.10. The van der Waals surface area contributed by atoms with Crippen molar-refractivity contribution in [2.45, 2.75) is 33.2 Å². The van der Waals surface area contributed by atoms with Crippen LogP contribution >= 0.6 is 0 Å². The number of nitrogens with zero attached hydrogens (tertiary/aromatic N) is 1. The molecule has 2 rings (SSSR count). The number of para-hydroxylation sites is 1. The molecule has 2 aromatic rings. The monoisotopic (exact) mass is 258 g/mol. The fraction of sp³-hybridized carbons (Fsp3) is 0.438. The third-order valence-corrected chi connectivity index (χ3v) is 3.81. The summed E-state index contributed by atoms with van der Waals surface area (Å²) in [5.41, 5.74) is 7.81. The summed E-state index contributed by atoms with van der Waals surface area (Å²) >= 11 is 0. The molecule has 0 bridgehead atoms. The fourth-order valence-corrected chi connectivity index (χ4v) is 2.69. The maximum atomic E-state index is 12.6. The first-order valence-corrected chi connectivity index (χ1v) is 6.92. The molecule has 0 aliphatic carbocycles. The molecular formula is C16H22N2O. The molecule has 19 heavy (non-hydrogen) atoms. The third-order valence-electron chi connectivity index (χ3n) is 3.81. The summed E-state index contributed by atoms with van der Waals surface area (Å²) in [5.74, 6) is 0.485. The van der Waals surface area contributed by atoms with Crippen LogP contribution in [0.3, 0.4) is 0 Å². The summed E-state index contributed by atoms with van der Waals surface area (Å²) in [4.78, 5) is 12.6. The van der Waals surface area contributed by atoms with Gasteiger partial charge in [0.05, 0.1) is 5.52 Å². The quantitative estimate of drug-likeness (QED) is 0.916. The van der Waals surface area contributed by atoms with Crippen LogP contribution in [-0.2, 0) is 6.54 Å². The van der Waals surface area contributed by atoms with E-state index in [0.29, 0.717) is 19.0 Å². The second kappa shape index (κ2) is 5.57. The van der Waals surface area contributed by atoms with E-state index in [-0.39, 0.29) is 11.5 Å². The second-order valence-electron chi connectivity index (χ2n) is 5.29. The van der Waals surface area contributed by atoms with Crippen LogP contribution in [0.2, 0.25) is 0 Å². The Bertz CT molecular complexity index is 628. The lowest BCUT2D eigenvalue weighted by molar-refractivity contribution is 0.499. The lowest BCUT2D eigenvalue weighted by atomic mass is 9.88. The lowest BCUT2D eigenvalue weighted by Gasteiger charge is -2.20. The molecule has 1 heterocycles. The maximum absolute atomic E-state index is 12.6. The highest BCUT2D eigenvalue weighted by molar-refractivity contribution is 5.79. The number of benzene rings is 1.